The molecule has 0 amide bonds. The van der Waals surface area contributed by atoms with Crippen molar-refractivity contribution in [3.05, 3.63) is 54.7 Å². The fourth-order valence-electron chi connectivity index (χ4n) is 3.60. The van der Waals surface area contributed by atoms with Crippen LogP contribution < -0.4 is 10.2 Å². The van der Waals surface area contributed by atoms with Crippen LogP contribution in [0, 0.1) is 12.8 Å². The Bertz CT molecular complexity index is 895. The van der Waals surface area contributed by atoms with E-state index in [1.54, 1.807) is 18.2 Å². The molecule has 27 heavy (non-hydrogen) atoms. The molecule has 1 aliphatic heterocycles. The van der Waals surface area contributed by atoms with Gasteiger partial charge in [0.15, 0.2) is 0 Å². The summed E-state index contributed by atoms with van der Waals surface area (Å²) >= 11 is 0. The fraction of sp³-hybridized carbons (Fsp3) is 0.350. The molecule has 0 bridgehead atoms. The molecular formula is C20H24N6O. The number of hydrogen-bond acceptors (Lipinski definition) is 6. The molecule has 1 aromatic carbocycles. The second kappa shape index (κ2) is 7.65. The average molecular weight is 364 g/mol. The minimum Gasteiger partial charge on any atom is -0.508 e. The van der Waals surface area contributed by atoms with Gasteiger partial charge in [0.2, 0.25) is 5.95 Å². The first kappa shape index (κ1) is 17.3. The molecule has 0 spiro atoms. The maximum atomic E-state index is 9.64. The second-order valence-corrected chi connectivity index (χ2v) is 7.08. The number of piperidine rings is 1. The molecule has 1 aliphatic rings. The highest BCUT2D eigenvalue weighted by molar-refractivity contribution is 5.57. The Balaban J connectivity index is 1.50. The Morgan fingerprint density at radius 2 is 2.19 bits per heavy atom. The summed E-state index contributed by atoms with van der Waals surface area (Å²) in [7, 11) is 0. The highest BCUT2D eigenvalue weighted by Crippen LogP contribution is 2.25. The van der Waals surface area contributed by atoms with Crippen LogP contribution in [0.25, 0.3) is 0 Å². The molecule has 1 saturated heterocycles. The molecule has 3 heterocycles. The van der Waals surface area contributed by atoms with Crippen LogP contribution in [0.5, 0.6) is 5.75 Å². The highest BCUT2D eigenvalue weighted by Gasteiger charge is 2.22. The number of benzene rings is 1. The maximum absolute atomic E-state index is 9.64. The van der Waals surface area contributed by atoms with Crippen LogP contribution in [0.15, 0.2) is 49.1 Å². The number of nitrogens with one attached hydrogen (secondary N) is 1. The Labute approximate surface area is 158 Å². The van der Waals surface area contributed by atoms with Crippen LogP contribution in [-0.2, 0) is 6.54 Å². The SMILES string of the molecule is Cc1cc(N2CCC[C@H](Cn3ccnc3)C2)nc(Nc2cccc(O)c2)n1. The molecule has 140 valence electrons. The van der Waals surface area contributed by atoms with Gasteiger partial charge in [-0.15, -0.1) is 0 Å². The third-order valence-electron chi connectivity index (χ3n) is 4.81. The van der Waals surface area contributed by atoms with Crippen molar-refractivity contribution < 1.29 is 5.11 Å². The zero-order valence-corrected chi connectivity index (χ0v) is 15.4. The lowest BCUT2D eigenvalue weighted by atomic mass is 9.98. The van der Waals surface area contributed by atoms with Gasteiger partial charge >= 0.3 is 0 Å². The van der Waals surface area contributed by atoms with Gasteiger partial charge in [-0.05, 0) is 37.8 Å². The van der Waals surface area contributed by atoms with Crippen molar-refractivity contribution >= 4 is 17.5 Å². The first-order valence-corrected chi connectivity index (χ1v) is 9.28. The first-order chi connectivity index (χ1) is 13.2. The lowest BCUT2D eigenvalue weighted by Gasteiger charge is -2.34. The van der Waals surface area contributed by atoms with E-state index in [1.807, 2.05) is 37.8 Å². The van der Waals surface area contributed by atoms with Gasteiger partial charge in [-0.25, -0.2) is 9.97 Å². The van der Waals surface area contributed by atoms with E-state index in [1.165, 1.54) is 6.42 Å². The van der Waals surface area contributed by atoms with E-state index in [2.05, 4.69) is 24.8 Å². The lowest BCUT2D eigenvalue weighted by Crippen LogP contribution is -2.37. The summed E-state index contributed by atoms with van der Waals surface area (Å²) in [5.74, 6) is 2.28. The summed E-state index contributed by atoms with van der Waals surface area (Å²) in [6, 6.07) is 9.01. The van der Waals surface area contributed by atoms with Gasteiger partial charge in [-0.3, -0.25) is 0 Å². The lowest BCUT2D eigenvalue weighted by molar-refractivity contribution is 0.365. The molecule has 2 aromatic heterocycles. The van der Waals surface area contributed by atoms with Gasteiger partial charge in [0.25, 0.3) is 0 Å². The number of aromatic hydroxyl groups is 1. The predicted octanol–water partition coefficient (Wildman–Crippen LogP) is 3.35. The van der Waals surface area contributed by atoms with Gasteiger partial charge < -0.3 is 19.9 Å². The molecule has 1 fully saturated rings. The topological polar surface area (TPSA) is 79.1 Å². The van der Waals surface area contributed by atoms with E-state index in [9.17, 15) is 5.11 Å². The first-order valence-electron chi connectivity index (χ1n) is 9.28. The van der Waals surface area contributed by atoms with E-state index in [0.29, 0.717) is 11.9 Å². The van der Waals surface area contributed by atoms with Crippen molar-refractivity contribution in [3.8, 4) is 5.75 Å². The third kappa shape index (κ3) is 4.36. The van der Waals surface area contributed by atoms with E-state index >= 15 is 0 Å². The number of anilines is 3. The van der Waals surface area contributed by atoms with Crippen molar-refractivity contribution in [2.24, 2.45) is 5.92 Å². The van der Waals surface area contributed by atoms with Crippen LogP contribution in [-0.4, -0.2) is 37.7 Å². The minimum absolute atomic E-state index is 0.214. The molecule has 2 N–H and O–H groups in total. The Morgan fingerprint density at radius 3 is 3.00 bits per heavy atom. The van der Waals surface area contributed by atoms with Gasteiger partial charge in [0.05, 0.1) is 6.33 Å². The molecule has 7 heteroatoms. The molecule has 4 rings (SSSR count). The number of aromatic nitrogens is 4. The second-order valence-electron chi connectivity index (χ2n) is 7.08. The van der Waals surface area contributed by atoms with Crippen molar-refractivity contribution in [2.45, 2.75) is 26.3 Å². The van der Waals surface area contributed by atoms with Gasteiger partial charge in [0, 0.05) is 55.5 Å². The number of phenols is 1. The number of aryl methyl sites for hydroxylation is 1. The number of nitrogens with zero attached hydrogens (tertiary/aromatic N) is 5. The van der Waals surface area contributed by atoms with Crippen LogP contribution in [0.4, 0.5) is 17.5 Å². The number of rotatable bonds is 5. The van der Waals surface area contributed by atoms with Crippen LogP contribution in [0.3, 0.4) is 0 Å². The van der Waals surface area contributed by atoms with Gasteiger partial charge in [-0.1, -0.05) is 6.07 Å². The van der Waals surface area contributed by atoms with Crippen LogP contribution in [0.1, 0.15) is 18.5 Å². The zero-order valence-electron chi connectivity index (χ0n) is 15.4. The summed E-state index contributed by atoms with van der Waals surface area (Å²) in [5, 5.41) is 12.8. The monoisotopic (exact) mass is 364 g/mol. The Hall–Kier alpha value is -3.09. The normalized spacial score (nSPS) is 17.1. The Morgan fingerprint density at radius 1 is 1.26 bits per heavy atom. The molecule has 0 saturated carbocycles. The summed E-state index contributed by atoms with van der Waals surface area (Å²) < 4.78 is 2.15. The zero-order chi connectivity index (χ0) is 18.6. The minimum atomic E-state index is 0.214. The van der Waals surface area contributed by atoms with Crippen LogP contribution in [0.2, 0.25) is 0 Å². The van der Waals surface area contributed by atoms with Crippen molar-refractivity contribution in [3.63, 3.8) is 0 Å². The molecule has 0 radical (unpaired) electrons. The summed E-state index contributed by atoms with van der Waals surface area (Å²) in [6.07, 6.45) is 8.09. The van der Waals surface area contributed by atoms with Crippen molar-refractivity contribution in [1.29, 1.82) is 0 Å². The van der Waals surface area contributed by atoms with Crippen LogP contribution >= 0.6 is 0 Å². The molecular weight excluding hydrogens is 340 g/mol. The Kier molecular flexibility index (Phi) is 4.91. The van der Waals surface area contributed by atoms with E-state index < -0.39 is 0 Å². The van der Waals surface area contributed by atoms with Crippen molar-refractivity contribution in [2.75, 3.05) is 23.3 Å². The number of imidazole rings is 1. The number of hydrogen-bond donors (Lipinski definition) is 2. The summed E-state index contributed by atoms with van der Waals surface area (Å²) in [6.45, 7) is 4.93. The smallest absolute Gasteiger partial charge is 0.229 e. The standard InChI is InChI=1S/C20H24N6O/c1-15-10-19(24-20(22-15)23-17-5-2-6-18(27)11-17)26-8-3-4-16(13-26)12-25-9-7-21-14-25/h2,5-7,9-11,14,16,27H,3-4,8,12-13H2,1H3,(H,22,23,24)/t16-/m1/s1. The molecule has 3 aromatic rings. The molecule has 7 nitrogen and oxygen atoms in total. The molecule has 0 unspecified atom stereocenters. The largest absolute Gasteiger partial charge is 0.508 e. The van der Waals surface area contributed by atoms with Gasteiger partial charge in [0.1, 0.15) is 11.6 Å². The van der Waals surface area contributed by atoms with E-state index in [4.69, 9.17) is 4.98 Å². The van der Waals surface area contributed by atoms with Gasteiger partial charge in [-0.2, -0.15) is 4.98 Å². The molecule has 1 atom stereocenters. The fourth-order valence-corrected chi connectivity index (χ4v) is 3.60. The highest BCUT2D eigenvalue weighted by atomic mass is 16.3. The number of phenolic OH excluding ortho intramolecular Hbond substituents is 1. The summed E-state index contributed by atoms with van der Waals surface area (Å²) in [4.78, 5) is 15.7. The van der Waals surface area contributed by atoms with E-state index in [-0.39, 0.29) is 5.75 Å². The van der Waals surface area contributed by atoms with Crippen molar-refractivity contribution in [1.82, 2.24) is 19.5 Å². The quantitative estimate of drug-likeness (QED) is 0.723. The maximum Gasteiger partial charge on any atom is 0.229 e. The predicted molar refractivity (Wildman–Crippen MR) is 105 cm³/mol. The van der Waals surface area contributed by atoms with E-state index in [0.717, 1.165) is 43.3 Å². The summed E-state index contributed by atoms with van der Waals surface area (Å²) in [5.41, 5.74) is 1.68. The average Bonchev–Trinajstić information content (AvgIpc) is 3.14. The third-order valence-corrected chi connectivity index (χ3v) is 4.81. The molecule has 0 aliphatic carbocycles.